The lowest BCUT2D eigenvalue weighted by atomic mass is 10.1. The van der Waals surface area contributed by atoms with Crippen molar-refractivity contribution in [2.45, 2.75) is 19.9 Å². The predicted molar refractivity (Wildman–Crippen MR) is 92.2 cm³/mol. The van der Waals surface area contributed by atoms with Crippen LogP contribution < -0.4 is 10.2 Å². The molecule has 0 aliphatic rings. The first-order chi connectivity index (χ1) is 10.0. The van der Waals surface area contributed by atoms with Gasteiger partial charge in [0.2, 0.25) is 0 Å². The van der Waals surface area contributed by atoms with Crippen LogP contribution in [0.15, 0.2) is 35.1 Å². The minimum absolute atomic E-state index is 0.143. The normalized spacial score (nSPS) is 12.0. The fourth-order valence-corrected chi connectivity index (χ4v) is 2.89. The SMILES string of the molecule is CCNc1ncnc(N(C)C(C)c2cccc(Cl)c2)c1Br. The molecule has 1 aromatic carbocycles. The zero-order valence-corrected chi connectivity index (χ0v) is 14.6. The average Bonchev–Trinajstić information content (AvgIpc) is 2.48. The van der Waals surface area contributed by atoms with E-state index < -0.39 is 0 Å². The van der Waals surface area contributed by atoms with Crippen LogP contribution in [0.25, 0.3) is 0 Å². The molecule has 0 bridgehead atoms. The third-order valence-electron chi connectivity index (χ3n) is 3.36. The third kappa shape index (κ3) is 3.66. The molecule has 6 heteroatoms. The summed E-state index contributed by atoms with van der Waals surface area (Å²) in [4.78, 5) is 10.7. The van der Waals surface area contributed by atoms with E-state index in [1.54, 1.807) is 6.33 Å². The second kappa shape index (κ2) is 7.09. The highest BCUT2D eigenvalue weighted by atomic mass is 79.9. The molecule has 0 saturated heterocycles. The van der Waals surface area contributed by atoms with E-state index in [1.165, 1.54) is 0 Å². The highest BCUT2D eigenvalue weighted by Gasteiger charge is 2.18. The molecular formula is C15H18BrClN4. The Bertz CT molecular complexity index is 620. The second-order valence-corrected chi connectivity index (χ2v) is 5.96. The number of hydrogen-bond donors (Lipinski definition) is 1. The van der Waals surface area contributed by atoms with Gasteiger partial charge in [-0.15, -0.1) is 0 Å². The van der Waals surface area contributed by atoms with E-state index in [2.05, 4.69) is 49.1 Å². The zero-order chi connectivity index (χ0) is 15.4. The van der Waals surface area contributed by atoms with Crippen molar-refractivity contribution in [1.82, 2.24) is 9.97 Å². The molecule has 0 fully saturated rings. The molecule has 1 aromatic heterocycles. The molecule has 0 saturated carbocycles. The fraction of sp³-hybridized carbons (Fsp3) is 0.333. The molecule has 0 spiro atoms. The predicted octanol–water partition coefficient (Wildman–Crippen LogP) is 4.52. The quantitative estimate of drug-likeness (QED) is 0.841. The molecule has 0 amide bonds. The second-order valence-electron chi connectivity index (χ2n) is 4.73. The number of rotatable bonds is 5. The van der Waals surface area contributed by atoms with Crippen molar-refractivity contribution in [2.75, 3.05) is 23.8 Å². The molecule has 21 heavy (non-hydrogen) atoms. The Morgan fingerprint density at radius 2 is 2.14 bits per heavy atom. The Morgan fingerprint density at radius 3 is 2.81 bits per heavy atom. The Hall–Kier alpha value is -1.33. The minimum atomic E-state index is 0.143. The monoisotopic (exact) mass is 368 g/mol. The van der Waals surface area contributed by atoms with Crippen LogP contribution in [0.5, 0.6) is 0 Å². The van der Waals surface area contributed by atoms with Gasteiger partial charge in [0.25, 0.3) is 0 Å². The van der Waals surface area contributed by atoms with Crippen molar-refractivity contribution in [3.63, 3.8) is 0 Å². The molecule has 1 heterocycles. The number of anilines is 2. The lowest BCUT2D eigenvalue weighted by Crippen LogP contribution is -2.23. The summed E-state index contributed by atoms with van der Waals surface area (Å²) in [5.41, 5.74) is 1.14. The van der Waals surface area contributed by atoms with Gasteiger partial charge in [0, 0.05) is 18.6 Å². The number of hydrogen-bond acceptors (Lipinski definition) is 4. The van der Waals surface area contributed by atoms with Gasteiger partial charge in [0.1, 0.15) is 22.4 Å². The van der Waals surface area contributed by atoms with Crippen molar-refractivity contribution in [3.05, 3.63) is 45.7 Å². The standard InChI is InChI=1S/C15H18BrClN4/c1-4-18-14-13(16)15(20-9-19-14)21(3)10(2)11-6-5-7-12(17)8-11/h5-10H,4H2,1-3H3,(H,18,19,20). The van der Waals surface area contributed by atoms with Crippen molar-refractivity contribution in [3.8, 4) is 0 Å². The number of halogens is 2. The third-order valence-corrected chi connectivity index (χ3v) is 4.33. The number of nitrogens with zero attached hydrogens (tertiary/aromatic N) is 3. The van der Waals surface area contributed by atoms with Gasteiger partial charge in [0.05, 0.1) is 6.04 Å². The molecule has 2 rings (SSSR count). The molecule has 0 aliphatic heterocycles. The first kappa shape index (κ1) is 16.0. The Kier molecular flexibility index (Phi) is 5.42. The first-order valence-electron chi connectivity index (χ1n) is 6.77. The topological polar surface area (TPSA) is 41.1 Å². The summed E-state index contributed by atoms with van der Waals surface area (Å²) in [6, 6.07) is 8.02. The molecule has 1 atom stereocenters. The number of benzene rings is 1. The highest BCUT2D eigenvalue weighted by Crippen LogP contribution is 2.33. The van der Waals surface area contributed by atoms with Gasteiger partial charge in [-0.25, -0.2) is 9.97 Å². The van der Waals surface area contributed by atoms with Gasteiger partial charge in [-0.05, 0) is 47.5 Å². The van der Waals surface area contributed by atoms with Crippen LogP contribution in [-0.2, 0) is 0 Å². The molecule has 0 radical (unpaired) electrons. The molecule has 1 unspecified atom stereocenters. The van der Waals surface area contributed by atoms with Crippen LogP contribution in [0.1, 0.15) is 25.5 Å². The smallest absolute Gasteiger partial charge is 0.148 e. The zero-order valence-electron chi connectivity index (χ0n) is 12.3. The highest BCUT2D eigenvalue weighted by molar-refractivity contribution is 9.10. The van der Waals surface area contributed by atoms with E-state index in [9.17, 15) is 0 Å². The van der Waals surface area contributed by atoms with Crippen molar-refractivity contribution >= 4 is 39.2 Å². The lowest BCUT2D eigenvalue weighted by molar-refractivity contribution is 0.725. The Labute approximate surface area is 138 Å². The van der Waals surface area contributed by atoms with E-state index in [0.717, 1.165) is 33.2 Å². The van der Waals surface area contributed by atoms with Crippen molar-refractivity contribution < 1.29 is 0 Å². The van der Waals surface area contributed by atoms with E-state index in [-0.39, 0.29) is 6.04 Å². The summed E-state index contributed by atoms with van der Waals surface area (Å²) in [7, 11) is 2.01. The van der Waals surface area contributed by atoms with E-state index >= 15 is 0 Å². The summed E-state index contributed by atoms with van der Waals surface area (Å²) in [6.07, 6.45) is 1.57. The average molecular weight is 370 g/mol. The maximum atomic E-state index is 6.07. The van der Waals surface area contributed by atoms with Gasteiger partial charge >= 0.3 is 0 Å². The molecule has 1 N–H and O–H groups in total. The van der Waals surface area contributed by atoms with Crippen LogP contribution in [0.4, 0.5) is 11.6 Å². The first-order valence-corrected chi connectivity index (χ1v) is 7.94. The molecule has 4 nitrogen and oxygen atoms in total. The molecule has 112 valence electrons. The van der Waals surface area contributed by atoms with E-state index in [4.69, 9.17) is 11.6 Å². The maximum Gasteiger partial charge on any atom is 0.148 e. The Morgan fingerprint density at radius 1 is 1.38 bits per heavy atom. The van der Waals surface area contributed by atoms with Crippen LogP contribution in [0, 0.1) is 0 Å². The van der Waals surface area contributed by atoms with Crippen molar-refractivity contribution in [2.24, 2.45) is 0 Å². The lowest BCUT2D eigenvalue weighted by Gasteiger charge is -2.27. The summed E-state index contributed by atoms with van der Waals surface area (Å²) in [5.74, 6) is 1.64. The minimum Gasteiger partial charge on any atom is -0.369 e. The van der Waals surface area contributed by atoms with Crippen LogP contribution in [0.2, 0.25) is 5.02 Å². The number of nitrogens with one attached hydrogen (secondary N) is 1. The van der Waals surface area contributed by atoms with Crippen LogP contribution in [-0.4, -0.2) is 23.6 Å². The van der Waals surface area contributed by atoms with Crippen LogP contribution >= 0.6 is 27.5 Å². The van der Waals surface area contributed by atoms with Gasteiger partial charge in [0.15, 0.2) is 0 Å². The Balaban J connectivity index is 2.31. The van der Waals surface area contributed by atoms with Crippen molar-refractivity contribution in [1.29, 1.82) is 0 Å². The van der Waals surface area contributed by atoms with Gasteiger partial charge in [-0.1, -0.05) is 23.7 Å². The summed E-state index contributed by atoms with van der Waals surface area (Å²) in [5, 5.41) is 3.95. The van der Waals surface area contributed by atoms with E-state index in [1.807, 2.05) is 32.2 Å². The summed E-state index contributed by atoms with van der Waals surface area (Å²) in [6.45, 7) is 4.96. The van der Waals surface area contributed by atoms with Crippen LogP contribution in [0.3, 0.4) is 0 Å². The fourth-order valence-electron chi connectivity index (χ4n) is 2.07. The molecular weight excluding hydrogens is 352 g/mol. The summed E-state index contributed by atoms with van der Waals surface area (Å²) < 4.78 is 0.864. The van der Waals surface area contributed by atoms with Gasteiger partial charge in [-0.2, -0.15) is 0 Å². The number of aromatic nitrogens is 2. The largest absolute Gasteiger partial charge is 0.369 e. The van der Waals surface area contributed by atoms with Gasteiger partial charge < -0.3 is 10.2 Å². The van der Waals surface area contributed by atoms with E-state index in [0.29, 0.717) is 0 Å². The summed E-state index contributed by atoms with van der Waals surface area (Å²) >= 11 is 9.66. The molecule has 2 aromatic rings. The van der Waals surface area contributed by atoms with Gasteiger partial charge in [-0.3, -0.25) is 0 Å². The maximum absolute atomic E-state index is 6.07. The molecule has 0 aliphatic carbocycles.